The van der Waals surface area contributed by atoms with Gasteiger partial charge in [0.1, 0.15) is 17.0 Å². The van der Waals surface area contributed by atoms with Crippen molar-refractivity contribution in [3.63, 3.8) is 0 Å². The number of halogens is 4. The zero-order chi connectivity index (χ0) is 74.7. The van der Waals surface area contributed by atoms with Crippen LogP contribution in [0.3, 0.4) is 0 Å². The summed E-state index contributed by atoms with van der Waals surface area (Å²) in [5, 5.41) is 20.5. The van der Waals surface area contributed by atoms with Crippen LogP contribution in [-0.2, 0) is 34.2 Å². The molecule has 6 aromatic rings. The van der Waals surface area contributed by atoms with E-state index in [4.69, 9.17) is 11.6 Å². The number of hydrogen-bond donors (Lipinski definition) is 5. The van der Waals surface area contributed by atoms with E-state index in [0.29, 0.717) is 62.4 Å². The van der Waals surface area contributed by atoms with Crippen LogP contribution in [0, 0.1) is 17.8 Å². The number of thiazole rings is 1. The average molecular weight is 1530 g/mol. The minimum atomic E-state index is -6.15. The van der Waals surface area contributed by atoms with Crippen LogP contribution in [0.25, 0.3) is 16.0 Å². The van der Waals surface area contributed by atoms with Gasteiger partial charge in [-0.05, 0) is 159 Å². The number of allylic oxidation sites excluding steroid dienone is 1. The highest BCUT2D eigenvalue weighted by molar-refractivity contribution is 7.99. The molecule has 0 radical (unpaired) electrons. The van der Waals surface area contributed by atoms with E-state index in [-0.39, 0.29) is 48.2 Å². The molecule has 0 spiro atoms. The van der Waals surface area contributed by atoms with E-state index in [1.54, 1.807) is 29.0 Å². The SMILES string of the molecule is Cc1ncsc1-c1ccc([C@H](C)NC(=O)[C@@H]2C[C@@H](O)CN2C(=O)C(NC(=O)CCCCCCN2CCN(CCC(CSc3ccccc3)Nc3ccc(S(=O)(=O)NC(=O)c4ccc(N5CCN(CC6=C(c7ccc(Cl)cc7)CCC(C)(C)C6)CC5)cc4)cc3S(=O)(=O)C(F)(F)F)CC2)C(C)(C)C)cc1. The van der Waals surface area contributed by atoms with Crippen molar-refractivity contribution in [1.29, 1.82) is 0 Å². The molecule has 0 bridgehead atoms. The largest absolute Gasteiger partial charge is 0.501 e. The third kappa shape index (κ3) is 21.0. The lowest BCUT2D eigenvalue weighted by Crippen LogP contribution is -2.57. The van der Waals surface area contributed by atoms with Crippen molar-refractivity contribution in [2.24, 2.45) is 10.8 Å². The molecule has 1 aliphatic carbocycles. The van der Waals surface area contributed by atoms with E-state index in [2.05, 4.69) is 66.5 Å². The van der Waals surface area contributed by atoms with E-state index in [1.807, 2.05) is 106 Å². The van der Waals surface area contributed by atoms with Crippen LogP contribution >= 0.6 is 34.7 Å². The smallest absolute Gasteiger partial charge is 0.391 e. The summed E-state index contributed by atoms with van der Waals surface area (Å²) in [6, 6.07) is 31.3. The highest BCUT2D eigenvalue weighted by atomic mass is 35.5. The number of sulfonamides is 1. The van der Waals surface area contributed by atoms with Crippen LogP contribution in [-0.4, -0.2) is 184 Å². The van der Waals surface area contributed by atoms with Crippen LogP contribution in [0.4, 0.5) is 24.5 Å². The van der Waals surface area contributed by atoms with Crippen molar-refractivity contribution in [1.82, 2.24) is 39.9 Å². The molecule has 2 unspecified atom stereocenters. The number of likely N-dealkylation sites (tertiary alicyclic amines) is 1. The van der Waals surface area contributed by atoms with Gasteiger partial charge >= 0.3 is 5.51 Å². The Labute approximate surface area is 624 Å². The highest BCUT2D eigenvalue weighted by Gasteiger charge is 2.49. The van der Waals surface area contributed by atoms with Gasteiger partial charge in [0.2, 0.25) is 17.7 Å². The molecule has 3 aliphatic heterocycles. The number of benzene rings is 5. The van der Waals surface area contributed by atoms with Gasteiger partial charge in [-0.1, -0.05) is 119 Å². The molecule has 5 aromatic carbocycles. The monoisotopic (exact) mass is 1530 g/mol. The van der Waals surface area contributed by atoms with Gasteiger partial charge in [-0.3, -0.25) is 24.1 Å². The first-order chi connectivity index (χ1) is 49.3. The maximum Gasteiger partial charge on any atom is 0.501 e. The molecule has 1 aromatic heterocycles. The molecule has 10 rings (SSSR count). The third-order valence-corrected chi connectivity index (χ3v) is 25.5. The quantitative estimate of drug-likeness (QED) is 0.0217. The number of alkyl halides is 3. The van der Waals surface area contributed by atoms with Gasteiger partial charge in [-0.2, -0.15) is 13.2 Å². The molecule has 104 heavy (non-hydrogen) atoms. The fraction of sp³-hybridized carbons (Fsp3) is 0.494. The van der Waals surface area contributed by atoms with E-state index < -0.39 is 82.3 Å². The van der Waals surface area contributed by atoms with Gasteiger partial charge < -0.3 is 40.7 Å². The number of aliphatic hydroxyl groups excluding tert-OH is 1. The van der Waals surface area contributed by atoms with Gasteiger partial charge in [0.15, 0.2) is 0 Å². The summed E-state index contributed by atoms with van der Waals surface area (Å²) in [6.45, 7) is 22.1. The number of thioether (sulfide) groups is 1. The number of aliphatic hydroxyl groups is 1. The predicted octanol–water partition coefficient (Wildman–Crippen LogP) is 12.9. The lowest BCUT2D eigenvalue weighted by atomic mass is 9.73. The molecule has 4 aliphatic rings. The van der Waals surface area contributed by atoms with Crippen molar-refractivity contribution in [3.8, 4) is 10.4 Å². The topological polar surface area (TPSA) is 234 Å². The van der Waals surface area contributed by atoms with E-state index in [0.717, 1.165) is 122 Å². The fourth-order valence-electron chi connectivity index (χ4n) is 14.1. The zero-order valence-corrected chi connectivity index (χ0v) is 64.3. The van der Waals surface area contributed by atoms with E-state index in [9.17, 15) is 54.3 Å². The molecule has 4 amide bonds. The number of amides is 4. The number of anilines is 2. The Balaban J connectivity index is 0.682. The lowest BCUT2D eigenvalue weighted by Gasteiger charge is -2.39. The zero-order valence-electron chi connectivity index (χ0n) is 60.3. The molecule has 4 heterocycles. The number of rotatable bonds is 29. The maximum atomic E-state index is 14.6. The summed E-state index contributed by atoms with van der Waals surface area (Å²) in [5.41, 5.74) is 2.74. The number of hydrogen-bond acceptors (Lipinski definition) is 17. The molecule has 0 saturated carbocycles. The van der Waals surface area contributed by atoms with Crippen molar-refractivity contribution in [2.75, 3.05) is 94.5 Å². The molecule has 562 valence electrons. The Morgan fingerprint density at radius 1 is 0.779 bits per heavy atom. The standard InChI is InChI=1S/C77H98ClF3N10O9S4/c1-52(54-18-20-56(21-19-54)70-53(2)82-51-102-70)83-73(95)67-45-62(92)49-91(67)74(96)71(75(3,4)5)85-69(93)17-13-8-9-14-35-87-37-39-88(40-38-87)36-33-60(50-101-63-15-11-10-12-16-63)84-66-31-30-64(46-68(66)103(97,98)77(79,80)81)104(99,100)86-72(94)57-24-28-61(29-25-57)90-43-41-89(42-44-90)48-58-47-76(6,7)34-32-65(58)55-22-26-59(78)27-23-55/h10-12,15-16,18-31,46,51-52,60,62,67,71,84,92H,8-9,13-14,17,32-45,47-50H2,1-7H3,(H,83,95)(H,85,93)(H,86,94)/t52-,60?,62+,67-,71?/m0/s1. The van der Waals surface area contributed by atoms with Gasteiger partial charge in [0.05, 0.1) is 38.8 Å². The summed E-state index contributed by atoms with van der Waals surface area (Å²) < 4.78 is 100. The van der Waals surface area contributed by atoms with Crippen LogP contribution in [0.5, 0.6) is 0 Å². The molecule has 19 nitrogen and oxygen atoms in total. The summed E-state index contributed by atoms with van der Waals surface area (Å²) in [5.74, 6) is -1.81. The Morgan fingerprint density at radius 2 is 1.42 bits per heavy atom. The molecular weight excluding hydrogens is 1430 g/mol. The number of sulfone groups is 1. The van der Waals surface area contributed by atoms with Crippen LogP contribution in [0.2, 0.25) is 5.02 Å². The molecule has 5 N–H and O–H groups in total. The minimum Gasteiger partial charge on any atom is -0.391 e. The number of β-amino-alcohol motifs (C(OH)–C–C–N with tert-alkyl or cyclic N) is 1. The Kier molecular flexibility index (Phi) is 26.6. The second-order valence-electron chi connectivity index (χ2n) is 29.8. The molecule has 5 atom stereocenters. The maximum absolute atomic E-state index is 14.6. The van der Waals surface area contributed by atoms with Gasteiger partial charge in [0, 0.05) is 118 Å². The van der Waals surface area contributed by atoms with Gasteiger partial charge in [-0.25, -0.2) is 26.5 Å². The summed E-state index contributed by atoms with van der Waals surface area (Å²) in [7, 11) is -11.1. The summed E-state index contributed by atoms with van der Waals surface area (Å²) in [4.78, 5) is 70.0. The van der Waals surface area contributed by atoms with Crippen molar-refractivity contribution in [2.45, 2.75) is 163 Å². The van der Waals surface area contributed by atoms with Gasteiger partial charge in [0.25, 0.3) is 25.8 Å². The number of piperazine rings is 2. The van der Waals surface area contributed by atoms with Crippen molar-refractivity contribution >= 4 is 95.1 Å². The van der Waals surface area contributed by atoms with Crippen LogP contribution in [0.15, 0.2) is 147 Å². The van der Waals surface area contributed by atoms with E-state index in [1.165, 1.54) is 45.5 Å². The van der Waals surface area contributed by atoms with Gasteiger partial charge in [-0.15, -0.1) is 23.1 Å². The summed E-state index contributed by atoms with van der Waals surface area (Å²) >= 11 is 9.22. The van der Waals surface area contributed by atoms with Crippen molar-refractivity contribution in [3.05, 3.63) is 160 Å². The number of nitrogens with zero attached hydrogens (tertiary/aromatic N) is 6. The molecule has 3 fully saturated rings. The second kappa shape index (κ2) is 34.8. The second-order valence-corrected chi connectivity index (χ2v) is 35.7. The van der Waals surface area contributed by atoms with E-state index >= 15 is 0 Å². The number of nitrogens with one attached hydrogen (secondary N) is 4. The Morgan fingerprint density at radius 3 is 2.07 bits per heavy atom. The van der Waals surface area contributed by atoms with Crippen molar-refractivity contribution < 1.29 is 54.3 Å². The molecular formula is C77H98ClF3N10O9S4. The first kappa shape index (κ1) is 79.7. The first-order valence-electron chi connectivity index (χ1n) is 35.9. The lowest BCUT2D eigenvalue weighted by molar-refractivity contribution is -0.144. The molecule has 3 saturated heterocycles. The first-order valence-corrected chi connectivity index (χ1v) is 41.1. The third-order valence-electron chi connectivity index (χ3n) is 20.2. The Bertz CT molecular complexity index is 4200. The summed E-state index contributed by atoms with van der Waals surface area (Å²) in [6.07, 6.45) is 6.02. The highest BCUT2D eigenvalue weighted by Crippen LogP contribution is 2.44. The predicted molar refractivity (Wildman–Crippen MR) is 407 cm³/mol. The number of unbranched alkanes of at least 4 members (excludes halogenated alkanes) is 3. The van der Waals surface area contributed by atoms with Crippen LogP contribution < -0.4 is 25.6 Å². The normalized spacial score (nSPS) is 19.0. The number of carbonyl (C=O) groups is 4. The number of carbonyl (C=O) groups excluding carboxylic acids is 4. The Hall–Kier alpha value is -6.88. The molecule has 27 heteroatoms. The average Bonchev–Trinajstić information content (AvgIpc) is 1.10. The number of aromatic nitrogens is 1. The number of aryl methyl sites for hydroxylation is 1. The van der Waals surface area contributed by atoms with Crippen LogP contribution in [0.1, 0.15) is 139 Å². The minimum absolute atomic E-state index is 0.0251. The fourth-order valence-corrected chi connectivity index (χ4v) is 18.1.